The average molecular weight is 351 g/mol. The zero-order valence-corrected chi connectivity index (χ0v) is 15.7. The number of carbonyl (C=O) groups is 1. The molecule has 1 amide bonds. The maximum Gasteiger partial charge on any atom is 0.222 e. The molecule has 1 aliphatic rings. The molecule has 1 aromatic rings. The van der Waals surface area contributed by atoms with E-state index in [-0.39, 0.29) is 12.0 Å². The van der Waals surface area contributed by atoms with Gasteiger partial charge >= 0.3 is 0 Å². The Morgan fingerprint density at radius 3 is 2.52 bits per heavy atom. The molecule has 1 atom stereocenters. The van der Waals surface area contributed by atoms with E-state index in [0.29, 0.717) is 43.2 Å². The van der Waals surface area contributed by atoms with Gasteiger partial charge in [0.1, 0.15) is 0 Å². The largest absolute Gasteiger partial charge is 0.493 e. The Bertz CT molecular complexity index is 569. The van der Waals surface area contributed by atoms with Crippen LogP contribution in [0.4, 0.5) is 0 Å². The minimum atomic E-state index is 0.134. The molecule has 2 rings (SSSR count). The van der Waals surface area contributed by atoms with Gasteiger partial charge in [0.25, 0.3) is 0 Å². The number of hydrogen-bond donors (Lipinski definition) is 0. The van der Waals surface area contributed by atoms with Gasteiger partial charge in [-0.2, -0.15) is 0 Å². The third-order valence-corrected chi connectivity index (χ3v) is 4.58. The quantitative estimate of drug-likeness (QED) is 0.685. The first kappa shape index (κ1) is 19.4. The van der Waals surface area contributed by atoms with Crippen LogP contribution in [0.1, 0.15) is 31.7 Å². The van der Waals surface area contributed by atoms with Crippen LogP contribution in [-0.2, 0) is 16.0 Å². The number of carbonyl (C=O) groups excluding carboxylic acids is 1. The van der Waals surface area contributed by atoms with Gasteiger partial charge < -0.3 is 23.8 Å². The number of aryl methyl sites for hydroxylation is 1. The minimum Gasteiger partial charge on any atom is -0.493 e. The van der Waals surface area contributed by atoms with Crippen molar-refractivity contribution in [3.63, 3.8) is 0 Å². The van der Waals surface area contributed by atoms with Crippen molar-refractivity contribution >= 4 is 5.91 Å². The van der Waals surface area contributed by atoms with Crippen molar-refractivity contribution in [2.45, 2.75) is 38.7 Å². The van der Waals surface area contributed by atoms with E-state index in [1.165, 1.54) is 0 Å². The standard InChI is InChI=1S/C19H29NO5/c1-5-20(13-15-7-6-12-25-15)17(21)11-9-14-8-10-16(22-2)19(24-4)18(14)23-3/h8,10,15H,5-7,9,11-13H2,1-4H3. The first-order valence-electron chi connectivity index (χ1n) is 8.81. The lowest BCUT2D eigenvalue weighted by molar-refractivity contribution is -0.132. The molecular formula is C19H29NO5. The molecule has 1 aromatic carbocycles. The third-order valence-electron chi connectivity index (χ3n) is 4.58. The number of rotatable bonds is 9. The van der Waals surface area contributed by atoms with Gasteiger partial charge in [-0.25, -0.2) is 0 Å². The summed E-state index contributed by atoms with van der Waals surface area (Å²) in [6, 6.07) is 3.76. The summed E-state index contributed by atoms with van der Waals surface area (Å²) in [7, 11) is 4.76. The Kier molecular flexibility index (Phi) is 7.37. The lowest BCUT2D eigenvalue weighted by atomic mass is 10.1. The maximum atomic E-state index is 12.6. The van der Waals surface area contributed by atoms with Crippen molar-refractivity contribution in [3.05, 3.63) is 17.7 Å². The molecule has 1 unspecified atom stereocenters. The van der Waals surface area contributed by atoms with Gasteiger partial charge in [-0.3, -0.25) is 4.79 Å². The van der Waals surface area contributed by atoms with E-state index in [1.54, 1.807) is 21.3 Å². The molecule has 6 nitrogen and oxygen atoms in total. The smallest absolute Gasteiger partial charge is 0.222 e. The second-order valence-corrected chi connectivity index (χ2v) is 6.06. The molecular weight excluding hydrogens is 322 g/mol. The summed E-state index contributed by atoms with van der Waals surface area (Å²) in [4.78, 5) is 14.5. The molecule has 0 spiro atoms. The van der Waals surface area contributed by atoms with E-state index in [4.69, 9.17) is 18.9 Å². The Labute approximate surface area is 150 Å². The summed E-state index contributed by atoms with van der Waals surface area (Å²) in [6.07, 6.45) is 3.31. The second kappa shape index (κ2) is 9.51. The lowest BCUT2D eigenvalue weighted by Gasteiger charge is -2.24. The summed E-state index contributed by atoms with van der Waals surface area (Å²) in [5, 5.41) is 0. The molecule has 0 radical (unpaired) electrons. The van der Waals surface area contributed by atoms with Crippen molar-refractivity contribution in [2.75, 3.05) is 41.0 Å². The highest BCUT2D eigenvalue weighted by atomic mass is 16.5. The van der Waals surface area contributed by atoms with Crippen LogP contribution < -0.4 is 14.2 Å². The van der Waals surface area contributed by atoms with E-state index < -0.39 is 0 Å². The van der Waals surface area contributed by atoms with Crippen molar-refractivity contribution in [3.8, 4) is 17.2 Å². The number of likely N-dealkylation sites (N-methyl/N-ethyl adjacent to an activating group) is 1. The van der Waals surface area contributed by atoms with Gasteiger partial charge in [0.2, 0.25) is 11.7 Å². The SMILES string of the molecule is CCN(CC1CCCO1)C(=O)CCc1ccc(OC)c(OC)c1OC. The highest BCUT2D eigenvalue weighted by Crippen LogP contribution is 2.40. The van der Waals surface area contributed by atoms with Crippen molar-refractivity contribution in [2.24, 2.45) is 0 Å². The number of nitrogens with zero attached hydrogens (tertiary/aromatic N) is 1. The number of methoxy groups -OCH3 is 3. The second-order valence-electron chi connectivity index (χ2n) is 6.06. The van der Waals surface area contributed by atoms with Crippen molar-refractivity contribution in [1.29, 1.82) is 0 Å². The number of amides is 1. The maximum absolute atomic E-state index is 12.6. The van der Waals surface area contributed by atoms with Crippen molar-refractivity contribution < 1.29 is 23.7 Å². The zero-order chi connectivity index (χ0) is 18.2. The number of benzene rings is 1. The molecule has 140 valence electrons. The molecule has 1 saturated heterocycles. The molecule has 1 aliphatic heterocycles. The molecule has 0 aromatic heterocycles. The van der Waals surface area contributed by atoms with Crippen LogP contribution in [0, 0.1) is 0 Å². The minimum absolute atomic E-state index is 0.134. The highest BCUT2D eigenvalue weighted by Gasteiger charge is 2.22. The van der Waals surface area contributed by atoms with Crippen LogP contribution in [0.25, 0.3) is 0 Å². The molecule has 0 bridgehead atoms. The zero-order valence-electron chi connectivity index (χ0n) is 15.7. The number of ether oxygens (including phenoxy) is 4. The van der Waals surface area contributed by atoms with Crippen LogP contribution in [0.15, 0.2) is 12.1 Å². The topological polar surface area (TPSA) is 57.2 Å². The third kappa shape index (κ3) is 4.78. The van der Waals surface area contributed by atoms with E-state index >= 15 is 0 Å². The summed E-state index contributed by atoms with van der Waals surface area (Å²) in [5.74, 6) is 1.93. The highest BCUT2D eigenvalue weighted by molar-refractivity contribution is 5.76. The number of hydrogen-bond acceptors (Lipinski definition) is 5. The van der Waals surface area contributed by atoms with Gasteiger partial charge in [-0.05, 0) is 37.8 Å². The van der Waals surface area contributed by atoms with E-state index in [0.717, 1.165) is 25.0 Å². The van der Waals surface area contributed by atoms with Gasteiger partial charge in [0, 0.05) is 26.1 Å². The van der Waals surface area contributed by atoms with Gasteiger partial charge in [-0.1, -0.05) is 6.07 Å². The van der Waals surface area contributed by atoms with Crippen LogP contribution in [0.2, 0.25) is 0 Å². The molecule has 0 N–H and O–H groups in total. The lowest BCUT2D eigenvalue weighted by Crippen LogP contribution is -2.37. The Hall–Kier alpha value is -1.95. The van der Waals surface area contributed by atoms with Gasteiger partial charge in [-0.15, -0.1) is 0 Å². The molecule has 1 heterocycles. The summed E-state index contributed by atoms with van der Waals surface area (Å²) in [6.45, 7) is 4.18. The molecule has 6 heteroatoms. The van der Waals surface area contributed by atoms with Gasteiger partial charge in [0.05, 0.1) is 27.4 Å². The summed E-state index contributed by atoms with van der Waals surface area (Å²) in [5.41, 5.74) is 0.932. The van der Waals surface area contributed by atoms with E-state index in [1.807, 2.05) is 24.0 Å². The van der Waals surface area contributed by atoms with Crippen LogP contribution in [0.5, 0.6) is 17.2 Å². The van der Waals surface area contributed by atoms with Crippen LogP contribution in [-0.4, -0.2) is 57.9 Å². The fourth-order valence-electron chi connectivity index (χ4n) is 3.20. The summed E-state index contributed by atoms with van der Waals surface area (Å²) < 4.78 is 21.8. The summed E-state index contributed by atoms with van der Waals surface area (Å²) >= 11 is 0. The Balaban J connectivity index is 2.02. The fourth-order valence-corrected chi connectivity index (χ4v) is 3.20. The molecule has 0 saturated carbocycles. The predicted octanol–water partition coefficient (Wildman–Crippen LogP) is 2.67. The molecule has 25 heavy (non-hydrogen) atoms. The fraction of sp³-hybridized carbons (Fsp3) is 0.632. The Morgan fingerprint density at radius 1 is 1.20 bits per heavy atom. The normalized spacial score (nSPS) is 16.6. The van der Waals surface area contributed by atoms with E-state index in [2.05, 4.69) is 0 Å². The van der Waals surface area contributed by atoms with Crippen LogP contribution >= 0.6 is 0 Å². The molecule has 0 aliphatic carbocycles. The van der Waals surface area contributed by atoms with Crippen molar-refractivity contribution in [1.82, 2.24) is 4.90 Å². The van der Waals surface area contributed by atoms with Gasteiger partial charge in [0.15, 0.2) is 11.5 Å². The van der Waals surface area contributed by atoms with E-state index in [9.17, 15) is 4.79 Å². The first-order valence-corrected chi connectivity index (χ1v) is 8.81. The monoisotopic (exact) mass is 351 g/mol. The average Bonchev–Trinajstić information content (AvgIpc) is 3.16. The Morgan fingerprint density at radius 2 is 1.96 bits per heavy atom. The first-order chi connectivity index (χ1) is 12.1. The van der Waals surface area contributed by atoms with Crippen LogP contribution in [0.3, 0.4) is 0 Å². The molecule has 1 fully saturated rings. The predicted molar refractivity (Wildman–Crippen MR) is 95.6 cm³/mol.